The minimum Gasteiger partial charge on any atom is -0.481 e. The molecule has 0 aliphatic heterocycles. The predicted octanol–water partition coefficient (Wildman–Crippen LogP) is 7.84. The fourth-order valence-electron chi connectivity index (χ4n) is 6.70. The van der Waals surface area contributed by atoms with E-state index < -0.39 is 26.5 Å². The number of aliphatic hydroxyl groups is 1. The van der Waals surface area contributed by atoms with Crippen molar-refractivity contribution in [1.82, 2.24) is 0 Å². The number of aliphatic carboxylic acids is 1. The molecule has 1 saturated carbocycles. The first-order chi connectivity index (χ1) is 22.1. The standard InChI is InChI=1S/C39H44O5SSi/c1-39(2,3)46(29-17-8-6-9-18-29,30-19-10-7-11-20-30)44-35(37-26-28-16-14-15-22-36(28)45-37)25-24-32-31(33(40)27-34(32)41)21-12-4-5-13-23-38(42)43/h4,6-12,14-20,22,24-26,31-32,34-35,41H,5,13,21,23,27H2,1-3H3,(H,42,43)/b12-4-,25-24+/t31-,32-,34-,35-/m1/s1. The van der Waals surface area contributed by atoms with Crippen LogP contribution in [0, 0.1) is 11.8 Å². The van der Waals surface area contributed by atoms with E-state index >= 15 is 0 Å². The van der Waals surface area contributed by atoms with Crippen LogP contribution in [0.1, 0.15) is 63.9 Å². The molecular formula is C39H44O5SSi. The lowest BCUT2D eigenvalue weighted by molar-refractivity contribution is -0.137. The van der Waals surface area contributed by atoms with Crippen LogP contribution in [-0.4, -0.2) is 36.4 Å². The number of carbonyl (C=O) groups is 2. The van der Waals surface area contributed by atoms with Gasteiger partial charge in [0.25, 0.3) is 8.32 Å². The zero-order valence-electron chi connectivity index (χ0n) is 26.8. The second-order valence-electron chi connectivity index (χ2n) is 13.2. The second kappa shape index (κ2) is 14.9. The van der Waals surface area contributed by atoms with Gasteiger partial charge in [0, 0.05) is 34.3 Å². The van der Waals surface area contributed by atoms with E-state index in [1.807, 2.05) is 36.4 Å². The molecule has 7 heteroatoms. The van der Waals surface area contributed by atoms with E-state index in [2.05, 4.69) is 99.6 Å². The molecule has 5 nitrogen and oxygen atoms in total. The monoisotopic (exact) mass is 652 g/mol. The van der Waals surface area contributed by atoms with Gasteiger partial charge < -0.3 is 14.6 Å². The zero-order chi connectivity index (χ0) is 32.7. The Morgan fingerprint density at radius 3 is 2.22 bits per heavy atom. The van der Waals surface area contributed by atoms with Crippen molar-refractivity contribution >= 4 is 51.9 Å². The topological polar surface area (TPSA) is 83.8 Å². The second-order valence-corrected chi connectivity index (χ2v) is 18.6. The molecule has 0 bridgehead atoms. The number of benzene rings is 3. The van der Waals surface area contributed by atoms with E-state index in [1.165, 1.54) is 15.1 Å². The van der Waals surface area contributed by atoms with Crippen LogP contribution in [0.4, 0.5) is 0 Å². The lowest BCUT2D eigenvalue weighted by Gasteiger charge is -2.44. The van der Waals surface area contributed by atoms with Crippen LogP contribution in [0.2, 0.25) is 5.04 Å². The lowest BCUT2D eigenvalue weighted by Crippen LogP contribution is -2.66. The molecule has 5 rings (SSSR count). The summed E-state index contributed by atoms with van der Waals surface area (Å²) in [6.45, 7) is 6.80. The predicted molar refractivity (Wildman–Crippen MR) is 190 cm³/mol. The first-order valence-corrected chi connectivity index (χ1v) is 18.9. The Bertz CT molecular complexity index is 1600. The summed E-state index contributed by atoms with van der Waals surface area (Å²) in [5.41, 5.74) is 0. The molecule has 0 saturated heterocycles. The molecule has 0 radical (unpaired) electrons. The molecule has 0 unspecified atom stereocenters. The summed E-state index contributed by atoms with van der Waals surface area (Å²) in [7, 11) is -2.94. The van der Waals surface area contributed by atoms with Gasteiger partial charge in [-0.25, -0.2) is 0 Å². The van der Waals surface area contributed by atoms with Gasteiger partial charge in [0.15, 0.2) is 0 Å². The number of hydrogen-bond donors (Lipinski definition) is 2. The van der Waals surface area contributed by atoms with Crippen molar-refractivity contribution in [2.45, 2.75) is 70.1 Å². The molecule has 0 amide bonds. The van der Waals surface area contributed by atoms with Crippen LogP contribution in [0.25, 0.3) is 10.1 Å². The van der Waals surface area contributed by atoms with Gasteiger partial charge >= 0.3 is 5.97 Å². The maximum Gasteiger partial charge on any atom is 0.303 e. The summed E-state index contributed by atoms with van der Waals surface area (Å²) in [5.74, 6) is -1.42. The molecule has 1 fully saturated rings. The van der Waals surface area contributed by atoms with Gasteiger partial charge in [-0.15, -0.1) is 11.3 Å². The molecule has 46 heavy (non-hydrogen) atoms. The van der Waals surface area contributed by atoms with E-state index in [0.717, 1.165) is 10.3 Å². The maximum atomic E-state index is 13.0. The average molecular weight is 653 g/mol. The summed E-state index contributed by atoms with van der Waals surface area (Å²) in [5, 5.41) is 23.3. The van der Waals surface area contributed by atoms with E-state index in [-0.39, 0.29) is 35.5 Å². The molecule has 4 aromatic rings. The number of carbonyl (C=O) groups excluding carboxylic acids is 1. The number of thiophene rings is 1. The Labute approximate surface area is 277 Å². The Morgan fingerprint density at radius 2 is 1.61 bits per heavy atom. The van der Waals surface area contributed by atoms with Crippen LogP contribution >= 0.6 is 11.3 Å². The highest BCUT2D eigenvalue weighted by atomic mass is 32.1. The number of fused-ring (bicyclic) bond motifs is 1. The van der Waals surface area contributed by atoms with E-state index in [1.54, 1.807) is 11.3 Å². The Balaban J connectivity index is 1.54. The Hall–Kier alpha value is -3.62. The lowest BCUT2D eigenvalue weighted by atomic mass is 9.90. The summed E-state index contributed by atoms with van der Waals surface area (Å²) < 4.78 is 8.81. The molecular weight excluding hydrogens is 609 g/mol. The number of ketones is 1. The van der Waals surface area contributed by atoms with Gasteiger partial charge in [0.05, 0.1) is 12.2 Å². The zero-order valence-corrected chi connectivity index (χ0v) is 28.7. The molecule has 1 heterocycles. The maximum absolute atomic E-state index is 13.0. The Kier molecular flexibility index (Phi) is 10.9. The fourth-order valence-corrected chi connectivity index (χ4v) is 12.5. The van der Waals surface area contributed by atoms with Gasteiger partial charge in [-0.2, -0.15) is 0 Å². The van der Waals surface area contributed by atoms with Crippen molar-refractivity contribution in [1.29, 1.82) is 0 Å². The molecule has 1 aromatic heterocycles. The average Bonchev–Trinajstić information content (AvgIpc) is 3.58. The number of allylic oxidation sites excluding steroid dienone is 2. The highest BCUT2D eigenvalue weighted by Gasteiger charge is 2.51. The summed E-state index contributed by atoms with van der Waals surface area (Å²) in [6.07, 6.45) is 8.84. The van der Waals surface area contributed by atoms with Gasteiger partial charge in [-0.3, -0.25) is 9.59 Å². The molecule has 1 aliphatic carbocycles. The first kappa shape index (κ1) is 33.7. The normalized spacial score (nSPS) is 19.8. The molecule has 4 atom stereocenters. The number of rotatable bonds is 13. The largest absolute Gasteiger partial charge is 0.481 e. The highest BCUT2D eigenvalue weighted by Crippen LogP contribution is 2.43. The van der Waals surface area contributed by atoms with Crippen molar-refractivity contribution in [3.8, 4) is 0 Å². The van der Waals surface area contributed by atoms with Gasteiger partial charge in [0.1, 0.15) is 5.78 Å². The third-order valence-corrected chi connectivity index (χ3v) is 15.2. The number of hydrogen-bond acceptors (Lipinski definition) is 5. The molecule has 1 aliphatic rings. The smallest absolute Gasteiger partial charge is 0.303 e. The van der Waals surface area contributed by atoms with Crippen LogP contribution in [0.15, 0.2) is 115 Å². The van der Waals surface area contributed by atoms with Crippen LogP contribution in [0.5, 0.6) is 0 Å². The van der Waals surface area contributed by atoms with Crippen LogP contribution < -0.4 is 10.4 Å². The highest BCUT2D eigenvalue weighted by molar-refractivity contribution is 7.19. The van der Waals surface area contributed by atoms with E-state index in [4.69, 9.17) is 9.53 Å². The van der Waals surface area contributed by atoms with E-state index in [0.29, 0.717) is 19.3 Å². The van der Waals surface area contributed by atoms with Crippen molar-refractivity contribution in [3.63, 3.8) is 0 Å². The quantitative estimate of drug-likeness (QED) is 0.0874. The number of aliphatic hydroxyl groups excluding tert-OH is 1. The number of carboxylic acids is 1. The third-order valence-electron chi connectivity index (χ3n) is 9.00. The molecule has 2 N–H and O–H groups in total. The molecule has 240 valence electrons. The first-order valence-electron chi connectivity index (χ1n) is 16.1. The number of unbranched alkanes of at least 4 members (excludes halogenated alkanes) is 1. The summed E-state index contributed by atoms with van der Waals surface area (Å²) >= 11 is 1.72. The third kappa shape index (κ3) is 7.50. The number of carboxylic acid groups (broad SMARTS) is 1. The fraction of sp³-hybridized carbons (Fsp3) is 0.333. The Morgan fingerprint density at radius 1 is 0.978 bits per heavy atom. The van der Waals surface area contributed by atoms with Crippen molar-refractivity contribution < 1.29 is 24.2 Å². The van der Waals surface area contributed by atoms with Gasteiger partial charge in [-0.1, -0.05) is 124 Å². The summed E-state index contributed by atoms with van der Waals surface area (Å²) in [6, 6.07) is 31.7. The minimum absolute atomic E-state index is 0.0589. The van der Waals surface area contributed by atoms with Gasteiger partial charge in [-0.05, 0) is 52.2 Å². The van der Waals surface area contributed by atoms with Crippen molar-refractivity contribution in [3.05, 3.63) is 120 Å². The van der Waals surface area contributed by atoms with E-state index in [9.17, 15) is 14.7 Å². The SMILES string of the molecule is CC(C)(C)[Si](O[C@H](/C=C/[C@H]1[C@H](O)CC(=O)[C@@H]1C/C=C\CCCC(=O)O)c1cc2ccccc2s1)(c1ccccc1)c1ccccc1. The molecule has 0 spiro atoms. The minimum atomic E-state index is -2.94. The van der Waals surface area contributed by atoms with Crippen molar-refractivity contribution in [2.24, 2.45) is 11.8 Å². The van der Waals surface area contributed by atoms with Crippen LogP contribution in [0.3, 0.4) is 0 Å². The van der Waals surface area contributed by atoms with Crippen molar-refractivity contribution in [2.75, 3.05) is 0 Å². The molecule has 3 aromatic carbocycles. The summed E-state index contributed by atoms with van der Waals surface area (Å²) in [4.78, 5) is 25.0. The number of Topliss-reactive ketones (excluding diaryl/α,β-unsaturated/α-hetero) is 1. The van der Waals surface area contributed by atoms with Gasteiger partial charge in [0.2, 0.25) is 0 Å². The van der Waals surface area contributed by atoms with Crippen LogP contribution in [-0.2, 0) is 14.0 Å².